The van der Waals surface area contributed by atoms with Gasteiger partial charge in [-0.1, -0.05) is 11.3 Å². The molecule has 2 aromatic rings. The topological polar surface area (TPSA) is 134 Å². The van der Waals surface area contributed by atoms with Crippen LogP contribution in [0.5, 0.6) is 0 Å². The maximum atomic E-state index is 11.7. The molecule has 1 aliphatic carbocycles. The summed E-state index contributed by atoms with van der Waals surface area (Å²) in [5.74, 6) is -0.457. The van der Waals surface area contributed by atoms with Gasteiger partial charge >= 0.3 is 0 Å². The summed E-state index contributed by atoms with van der Waals surface area (Å²) >= 11 is 8.07. The van der Waals surface area contributed by atoms with Crippen LogP contribution in [0.15, 0.2) is 18.2 Å². The summed E-state index contributed by atoms with van der Waals surface area (Å²) in [5.41, 5.74) is 13.3. The first-order valence-corrected chi connectivity index (χ1v) is 10.6. The van der Waals surface area contributed by atoms with Crippen molar-refractivity contribution >= 4 is 45.6 Å². The maximum Gasteiger partial charge on any atom is 0.248 e. The van der Waals surface area contributed by atoms with Gasteiger partial charge in [-0.3, -0.25) is 20.4 Å². The van der Waals surface area contributed by atoms with Gasteiger partial charge in [0, 0.05) is 48.3 Å². The highest BCUT2D eigenvalue weighted by molar-refractivity contribution is 7.18. The highest BCUT2D eigenvalue weighted by Gasteiger charge is 2.41. The average Bonchev–Trinajstić information content (AvgIpc) is 3.33. The molecule has 1 saturated carbocycles. The number of benzene rings is 1. The van der Waals surface area contributed by atoms with E-state index in [9.17, 15) is 9.59 Å². The van der Waals surface area contributed by atoms with Crippen molar-refractivity contribution in [3.63, 3.8) is 0 Å². The van der Waals surface area contributed by atoms with E-state index in [1.54, 1.807) is 12.1 Å². The molecule has 9 nitrogen and oxygen atoms in total. The van der Waals surface area contributed by atoms with E-state index in [0.29, 0.717) is 33.3 Å². The average molecular weight is 436 g/mol. The molecule has 2 amide bonds. The van der Waals surface area contributed by atoms with Gasteiger partial charge in [0.2, 0.25) is 16.9 Å². The van der Waals surface area contributed by atoms with Crippen LogP contribution in [0.1, 0.15) is 30.1 Å². The first kappa shape index (κ1) is 20.0. The van der Waals surface area contributed by atoms with Gasteiger partial charge in [0.1, 0.15) is 5.01 Å². The van der Waals surface area contributed by atoms with Gasteiger partial charge in [-0.05, 0) is 31.0 Å². The maximum absolute atomic E-state index is 11.7. The Morgan fingerprint density at radius 1 is 1.28 bits per heavy atom. The summed E-state index contributed by atoms with van der Waals surface area (Å²) in [7, 11) is 0. The monoisotopic (exact) mass is 435 g/mol. The van der Waals surface area contributed by atoms with Gasteiger partial charge < -0.3 is 16.4 Å². The summed E-state index contributed by atoms with van der Waals surface area (Å²) in [6.07, 6.45) is 1.97. The number of hydrazine groups is 1. The van der Waals surface area contributed by atoms with Crippen LogP contribution < -0.4 is 27.2 Å². The van der Waals surface area contributed by atoms with Crippen LogP contribution in [-0.4, -0.2) is 46.0 Å². The van der Waals surface area contributed by atoms with Crippen molar-refractivity contribution in [3.05, 3.63) is 23.8 Å². The largest absolute Gasteiger partial charge is 0.366 e. The van der Waals surface area contributed by atoms with E-state index in [0.717, 1.165) is 19.4 Å². The van der Waals surface area contributed by atoms with Crippen LogP contribution in [0.25, 0.3) is 10.6 Å². The number of nitrogens with zero attached hydrogens (tertiary/aromatic N) is 2. The molecule has 4 unspecified atom stereocenters. The molecular formula is C18H22ClN7O2S. The molecule has 1 aliphatic heterocycles. The summed E-state index contributed by atoms with van der Waals surface area (Å²) in [6.45, 7) is 2.25. The molecule has 0 radical (unpaired) electrons. The number of primary amides is 1. The van der Waals surface area contributed by atoms with E-state index >= 15 is 0 Å². The summed E-state index contributed by atoms with van der Waals surface area (Å²) in [4.78, 5) is 23.1. The number of nitrogens with one attached hydrogen (secondary N) is 4. The standard InChI is InChI=1S/C18H22ClN7O2S/c1-8(27)22-11-5-9(16(20)28)4-10(6-11)17-25-26-18(29-17)23-14-3-2-13-12(15(14)19)7-21-24-13/h4-6,12-15,21,24H,2-3,7H2,1H3,(H2,20,28)(H,22,27)(H,23,26). The summed E-state index contributed by atoms with van der Waals surface area (Å²) in [6, 6.07) is 5.43. The van der Waals surface area contributed by atoms with E-state index in [4.69, 9.17) is 17.3 Å². The Hall–Kier alpha value is -2.27. The molecule has 2 aliphatic rings. The van der Waals surface area contributed by atoms with Crippen LogP contribution in [0.2, 0.25) is 0 Å². The number of anilines is 2. The molecule has 0 bridgehead atoms. The lowest BCUT2D eigenvalue weighted by Gasteiger charge is -2.35. The van der Waals surface area contributed by atoms with Gasteiger partial charge in [-0.25, -0.2) is 0 Å². The number of hydrogen-bond donors (Lipinski definition) is 5. The fraction of sp³-hybridized carbons (Fsp3) is 0.444. The molecule has 154 valence electrons. The molecular weight excluding hydrogens is 414 g/mol. The van der Waals surface area contributed by atoms with Crippen LogP contribution >= 0.6 is 22.9 Å². The van der Waals surface area contributed by atoms with E-state index in [2.05, 4.69) is 31.7 Å². The van der Waals surface area contributed by atoms with Crippen LogP contribution in [0.4, 0.5) is 10.8 Å². The Morgan fingerprint density at radius 2 is 2.10 bits per heavy atom. The Kier molecular flexibility index (Phi) is 5.68. The third-order valence-electron chi connectivity index (χ3n) is 5.24. The van der Waals surface area contributed by atoms with E-state index < -0.39 is 5.91 Å². The van der Waals surface area contributed by atoms with Crippen molar-refractivity contribution < 1.29 is 9.59 Å². The highest BCUT2D eigenvalue weighted by atomic mass is 35.5. The number of aromatic nitrogens is 2. The van der Waals surface area contributed by atoms with Crippen molar-refractivity contribution in [1.29, 1.82) is 0 Å². The lowest BCUT2D eigenvalue weighted by atomic mass is 9.82. The van der Waals surface area contributed by atoms with Crippen LogP contribution in [-0.2, 0) is 4.79 Å². The molecule has 1 aromatic carbocycles. The van der Waals surface area contributed by atoms with Gasteiger partial charge in [0.25, 0.3) is 0 Å². The SMILES string of the molecule is CC(=O)Nc1cc(C(N)=O)cc(-c2nnc(NC3CCC4NNCC4C3Cl)s2)c1. The van der Waals surface area contributed by atoms with Crippen molar-refractivity contribution in [2.45, 2.75) is 37.2 Å². The van der Waals surface area contributed by atoms with Crippen molar-refractivity contribution in [2.24, 2.45) is 11.7 Å². The lowest BCUT2D eigenvalue weighted by Crippen LogP contribution is -2.47. The van der Waals surface area contributed by atoms with Crippen molar-refractivity contribution in [1.82, 2.24) is 21.0 Å². The van der Waals surface area contributed by atoms with Gasteiger partial charge in [0.15, 0.2) is 0 Å². The molecule has 4 rings (SSSR count). The molecule has 2 fully saturated rings. The van der Waals surface area contributed by atoms with Gasteiger partial charge in [0.05, 0.1) is 5.38 Å². The molecule has 1 aromatic heterocycles. The Balaban J connectivity index is 1.53. The van der Waals surface area contributed by atoms with Crippen LogP contribution in [0, 0.1) is 5.92 Å². The fourth-order valence-corrected chi connectivity index (χ4v) is 5.12. The molecule has 6 N–H and O–H groups in total. The van der Waals surface area contributed by atoms with E-state index in [-0.39, 0.29) is 22.9 Å². The number of halogens is 1. The third-order valence-corrected chi connectivity index (χ3v) is 6.77. The highest BCUT2D eigenvalue weighted by Crippen LogP contribution is 2.35. The Bertz CT molecular complexity index is 937. The summed E-state index contributed by atoms with van der Waals surface area (Å²) in [5, 5.41) is 15.8. The zero-order chi connectivity index (χ0) is 20.5. The second-order valence-corrected chi connectivity index (χ2v) is 8.81. The minimum atomic E-state index is -0.582. The quantitative estimate of drug-likeness (QED) is 0.449. The minimum Gasteiger partial charge on any atom is -0.366 e. The van der Waals surface area contributed by atoms with Gasteiger partial charge in [-0.15, -0.1) is 21.8 Å². The van der Waals surface area contributed by atoms with Gasteiger partial charge in [-0.2, -0.15) is 0 Å². The fourth-order valence-electron chi connectivity index (χ4n) is 3.87. The molecule has 11 heteroatoms. The predicted molar refractivity (Wildman–Crippen MR) is 113 cm³/mol. The third kappa shape index (κ3) is 4.35. The molecule has 2 heterocycles. The van der Waals surface area contributed by atoms with E-state index in [1.807, 2.05) is 0 Å². The van der Waals surface area contributed by atoms with Crippen molar-refractivity contribution in [2.75, 3.05) is 17.2 Å². The number of carbonyl (C=O) groups is 2. The minimum absolute atomic E-state index is 0.0202. The zero-order valence-corrected chi connectivity index (χ0v) is 17.3. The molecule has 29 heavy (non-hydrogen) atoms. The van der Waals surface area contributed by atoms with Crippen LogP contribution in [0.3, 0.4) is 0 Å². The number of carbonyl (C=O) groups excluding carboxylic acids is 2. The molecule has 4 atom stereocenters. The molecule has 1 saturated heterocycles. The second kappa shape index (κ2) is 8.23. The number of hydrogen-bond acceptors (Lipinski definition) is 8. The predicted octanol–water partition coefficient (Wildman–Crippen LogP) is 1.54. The number of alkyl halides is 1. The normalized spacial score (nSPS) is 26.0. The van der Waals surface area contributed by atoms with Crippen molar-refractivity contribution in [3.8, 4) is 10.6 Å². The Labute approximate surface area is 176 Å². The first-order chi connectivity index (χ1) is 13.9. The second-order valence-electron chi connectivity index (χ2n) is 7.33. The number of nitrogens with two attached hydrogens (primary N) is 1. The summed E-state index contributed by atoms with van der Waals surface area (Å²) < 4.78 is 0. The zero-order valence-electron chi connectivity index (χ0n) is 15.7. The van der Waals surface area contributed by atoms with E-state index in [1.165, 1.54) is 24.3 Å². The first-order valence-electron chi connectivity index (χ1n) is 9.36. The number of rotatable bonds is 5. The Morgan fingerprint density at radius 3 is 2.86 bits per heavy atom. The molecule has 0 spiro atoms. The number of fused-ring (bicyclic) bond motifs is 1. The smallest absolute Gasteiger partial charge is 0.248 e. The lowest BCUT2D eigenvalue weighted by molar-refractivity contribution is -0.114. The number of amides is 2.